The molecular weight excluding hydrogens is 510 g/mol. The van der Waals surface area contributed by atoms with Crippen LogP contribution in [0.5, 0.6) is 11.5 Å². The second-order valence-corrected chi connectivity index (χ2v) is 11.9. The summed E-state index contributed by atoms with van der Waals surface area (Å²) in [4.78, 5) is 38.9. The Hall–Kier alpha value is -3.24. The van der Waals surface area contributed by atoms with E-state index in [-0.39, 0.29) is 31.2 Å². The largest absolute Gasteiger partial charge is 0.481 e. The first-order valence-corrected chi connectivity index (χ1v) is 14.4. The summed E-state index contributed by atoms with van der Waals surface area (Å²) in [7, 11) is 6.48. The van der Waals surface area contributed by atoms with Gasteiger partial charge in [0.25, 0.3) is 0 Å². The molecule has 40 heavy (non-hydrogen) atoms. The number of nitrogens with zero attached hydrogens (tertiary/aromatic N) is 5. The van der Waals surface area contributed by atoms with Crippen molar-refractivity contribution >= 4 is 11.9 Å². The number of amides is 1. The standard InChI is InChI=1S/C30H43N5O5/c1-5-6-14-33(15-7-16-35(2,3)4)28(36)19-34-18-24(22-8-11-26-27(17-22)40-21-39-26)29(30(37)38)25(34)10-9-23-12-13-31-20-32-23/h8,11-13,17,20,24-25,29H,5-7,9-10,14-16,18-19,21H2,1-4H3/p+1/t24-,25+,29-/m1/s1. The van der Waals surface area contributed by atoms with Gasteiger partial charge in [-0.2, -0.15) is 0 Å². The van der Waals surface area contributed by atoms with Gasteiger partial charge in [0.1, 0.15) is 6.33 Å². The maximum Gasteiger partial charge on any atom is 0.308 e. The van der Waals surface area contributed by atoms with E-state index in [1.54, 1.807) is 6.20 Å². The molecule has 10 nitrogen and oxygen atoms in total. The van der Waals surface area contributed by atoms with Crippen LogP contribution in [-0.4, -0.2) is 108 Å². The Morgan fingerprint density at radius 2 is 1.90 bits per heavy atom. The summed E-state index contributed by atoms with van der Waals surface area (Å²) in [5.41, 5.74) is 1.76. The minimum Gasteiger partial charge on any atom is -0.481 e. The van der Waals surface area contributed by atoms with E-state index in [0.717, 1.165) is 48.1 Å². The lowest BCUT2D eigenvalue weighted by Crippen LogP contribution is -2.45. The monoisotopic (exact) mass is 554 g/mol. The number of aromatic nitrogens is 2. The van der Waals surface area contributed by atoms with E-state index in [2.05, 4.69) is 42.9 Å². The van der Waals surface area contributed by atoms with Crippen LogP contribution in [-0.2, 0) is 16.0 Å². The number of benzene rings is 1. The number of hydrogen-bond donors (Lipinski definition) is 1. The number of unbranched alkanes of at least 4 members (excludes halogenated alkanes) is 1. The second kappa shape index (κ2) is 13.4. The number of carbonyl (C=O) groups is 2. The Labute approximate surface area is 237 Å². The molecule has 4 rings (SSSR count). The Balaban J connectivity index is 1.56. The molecule has 0 unspecified atom stereocenters. The van der Waals surface area contributed by atoms with Gasteiger partial charge in [0.05, 0.1) is 40.2 Å². The van der Waals surface area contributed by atoms with Crippen molar-refractivity contribution in [1.29, 1.82) is 0 Å². The van der Waals surface area contributed by atoms with E-state index >= 15 is 0 Å². The average molecular weight is 555 g/mol. The molecule has 1 aromatic heterocycles. The highest BCUT2D eigenvalue weighted by atomic mass is 16.7. The number of quaternary nitrogens is 1. The second-order valence-electron chi connectivity index (χ2n) is 11.9. The molecule has 2 aliphatic heterocycles. The summed E-state index contributed by atoms with van der Waals surface area (Å²) >= 11 is 0. The number of carboxylic acids is 1. The summed E-state index contributed by atoms with van der Waals surface area (Å²) in [5, 5.41) is 10.5. The third-order valence-corrected chi connectivity index (χ3v) is 7.93. The van der Waals surface area contributed by atoms with Crippen LogP contribution in [0.2, 0.25) is 0 Å². The lowest BCUT2D eigenvalue weighted by atomic mass is 9.83. The normalized spacial score (nSPS) is 20.6. The van der Waals surface area contributed by atoms with Crippen molar-refractivity contribution in [2.24, 2.45) is 5.92 Å². The van der Waals surface area contributed by atoms with Gasteiger partial charge in [0, 0.05) is 49.9 Å². The van der Waals surface area contributed by atoms with Gasteiger partial charge >= 0.3 is 5.97 Å². The summed E-state index contributed by atoms with van der Waals surface area (Å²) in [6.45, 7) is 5.39. The zero-order valence-electron chi connectivity index (χ0n) is 24.3. The number of ether oxygens (including phenoxy) is 2. The zero-order chi connectivity index (χ0) is 28.7. The van der Waals surface area contributed by atoms with Crippen molar-refractivity contribution in [3.63, 3.8) is 0 Å². The minimum absolute atomic E-state index is 0.0670. The van der Waals surface area contributed by atoms with Gasteiger partial charge in [-0.05, 0) is 43.0 Å². The van der Waals surface area contributed by atoms with Crippen LogP contribution in [0.4, 0.5) is 0 Å². The maximum absolute atomic E-state index is 13.7. The molecule has 3 atom stereocenters. The Bertz CT molecular complexity index is 1140. The van der Waals surface area contributed by atoms with Crippen molar-refractivity contribution < 1.29 is 28.7 Å². The number of likely N-dealkylation sites (tertiary alicyclic amines) is 1. The third-order valence-electron chi connectivity index (χ3n) is 7.93. The van der Waals surface area contributed by atoms with E-state index in [9.17, 15) is 14.7 Å². The van der Waals surface area contributed by atoms with Gasteiger partial charge < -0.3 is 24.0 Å². The number of carbonyl (C=O) groups excluding carboxylic acids is 1. The topological polar surface area (TPSA) is 105 Å². The number of aliphatic carboxylic acids is 1. The fourth-order valence-corrected chi connectivity index (χ4v) is 5.82. The molecule has 0 saturated carbocycles. The Morgan fingerprint density at radius 3 is 2.60 bits per heavy atom. The smallest absolute Gasteiger partial charge is 0.308 e. The van der Waals surface area contributed by atoms with E-state index < -0.39 is 11.9 Å². The quantitative estimate of drug-likeness (QED) is 0.356. The molecule has 2 aromatic rings. The number of carboxylic acid groups (broad SMARTS) is 1. The first kappa shape index (κ1) is 29.7. The molecule has 218 valence electrons. The van der Waals surface area contributed by atoms with Crippen molar-refractivity contribution in [2.45, 2.75) is 51.0 Å². The number of hydrogen-bond acceptors (Lipinski definition) is 7. The van der Waals surface area contributed by atoms with Gasteiger partial charge in [-0.3, -0.25) is 14.5 Å². The van der Waals surface area contributed by atoms with Crippen molar-refractivity contribution in [2.75, 3.05) is 60.7 Å². The minimum atomic E-state index is -0.851. The van der Waals surface area contributed by atoms with Crippen molar-refractivity contribution in [3.8, 4) is 11.5 Å². The van der Waals surface area contributed by atoms with Gasteiger partial charge in [-0.25, -0.2) is 9.97 Å². The van der Waals surface area contributed by atoms with Gasteiger partial charge in [0.15, 0.2) is 11.5 Å². The lowest BCUT2D eigenvalue weighted by Gasteiger charge is -2.30. The van der Waals surface area contributed by atoms with E-state index in [0.29, 0.717) is 37.4 Å². The number of aryl methyl sites for hydroxylation is 1. The average Bonchev–Trinajstić information content (AvgIpc) is 3.53. The highest BCUT2D eigenvalue weighted by molar-refractivity contribution is 5.79. The SMILES string of the molecule is CCCCN(CCC[N+](C)(C)C)C(=O)CN1C[C@H](c2ccc3c(c2)OCO3)[C@@H](C(=O)O)[C@@H]1CCc1ccncn1. The molecular formula is C30H44N5O5+. The molecule has 1 fully saturated rings. The van der Waals surface area contributed by atoms with Crippen LogP contribution in [0.1, 0.15) is 49.8 Å². The van der Waals surface area contributed by atoms with E-state index in [4.69, 9.17) is 9.47 Å². The summed E-state index contributed by atoms with van der Waals surface area (Å²) in [5.74, 6) is -0.429. The van der Waals surface area contributed by atoms with Crippen LogP contribution in [0, 0.1) is 5.92 Å². The molecule has 3 heterocycles. The summed E-state index contributed by atoms with van der Waals surface area (Å²) < 4.78 is 11.9. The van der Waals surface area contributed by atoms with Gasteiger partial charge in [-0.15, -0.1) is 0 Å². The molecule has 1 amide bonds. The number of fused-ring (bicyclic) bond motifs is 1. The summed E-state index contributed by atoms with van der Waals surface area (Å²) in [6, 6.07) is 7.22. The molecule has 1 aromatic carbocycles. The van der Waals surface area contributed by atoms with Crippen LogP contribution >= 0.6 is 0 Å². The fourth-order valence-electron chi connectivity index (χ4n) is 5.82. The molecule has 10 heteroatoms. The zero-order valence-corrected chi connectivity index (χ0v) is 24.3. The summed E-state index contributed by atoms with van der Waals surface area (Å²) in [6.07, 6.45) is 7.29. The molecule has 1 N–H and O–H groups in total. The van der Waals surface area contributed by atoms with Crippen LogP contribution in [0.25, 0.3) is 0 Å². The first-order valence-electron chi connectivity index (χ1n) is 14.4. The highest BCUT2D eigenvalue weighted by Gasteiger charge is 2.47. The highest BCUT2D eigenvalue weighted by Crippen LogP contribution is 2.43. The maximum atomic E-state index is 13.7. The van der Waals surface area contributed by atoms with Gasteiger partial charge in [-0.1, -0.05) is 19.4 Å². The fraction of sp³-hybridized carbons (Fsp3) is 0.600. The predicted molar refractivity (Wildman–Crippen MR) is 151 cm³/mol. The Kier molecular flexibility index (Phi) is 9.97. The van der Waals surface area contributed by atoms with Gasteiger partial charge in [0.2, 0.25) is 12.7 Å². The van der Waals surface area contributed by atoms with Crippen LogP contribution in [0.15, 0.2) is 36.8 Å². The lowest BCUT2D eigenvalue weighted by molar-refractivity contribution is -0.870. The molecule has 1 saturated heterocycles. The van der Waals surface area contributed by atoms with E-state index in [1.165, 1.54) is 6.33 Å². The van der Waals surface area contributed by atoms with Crippen molar-refractivity contribution in [3.05, 3.63) is 48.0 Å². The van der Waals surface area contributed by atoms with Crippen molar-refractivity contribution in [1.82, 2.24) is 19.8 Å². The molecule has 0 bridgehead atoms. The molecule has 2 aliphatic rings. The van der Waals surface area contributed by atoms with Crippen LogP contribution in [0.3, 0.4) is 0 Å². The third kappa shape index (κ3) is 7.69. The Morgan fingerprint density at radius 1 is 1.12 bits per heavy atom. The molecule has 0 aliphatic carbocycles. The number of rotatable bonds is 14. The van der Waals surface area contributed by atoms with E-state index in [1.807, 2.05) is 29.2 Å². The van der Waals surface area contributed by atoms with Crippen LogP contribution < -0.4 is 9.47 Å². The predicted octanol–water partition coefficient (Wildman–Crippen LogP) is 3.03. The molecule has 0 radical (unpaired) electrons. The first-order chi connectivity index (χ1) is 19.2. The molecule has 0 spiro atoms.